The van der Waals surface area contributed by atoms with E-state index in [1.54, 1.807) is 12.1 Å². The highest BCUT2D eigenvalue weighted by Gasteiger charge is 2.04. The lowest BCUT2D eigenvalue weighted by Gasteiger charge is -2.20. The van der Waals surface area contributed by atoms with Crippen molar-refractivity contribution in [1.29, 1.82) is 5.41 Å². The molecule has 0 rings (SSSR count). The van der Waals surface area contributed by atoms with Crippen molar-refractivity contribution in [3.8, 4) is 0 Å². The molecule has 0 bridgehead atoms. The molecule has 0 aromatic carbocycles. The Bertz CT molecular complexity index is 98.5. The lowest BCUT2D eigenvalue weighted by Crippen LogP contribution is -2.38. The van der Waals surface area contributed by atoms with Crippen LogP contribution in [-0.4, -0.2) is 24.9 Å². The van der Waals surface area contributed by atoms with Gasteiger partial charge < -0.3 is 0 Å². The fourth-order valence-electron chi connectivity index (χ4n) is 0.508. The quantitative estimate of drug-likeness (QED) is 0.327. The van der Waals surface area contributed by atoms with Gasteiger partial charge in [0.05, 0.1) is 0 Å². The van der Waals surface area contributed by atoms with Gasteiger partial charge in [-0.2, -0.15) is 0 Å². The second-order valence-corrected chi connectivity index (χ2v) is 2.32. The summed E-state index contributed by atoms with van der Waals surface area (Å²) in [7, 11) is 3.64. The summed E-state index contributed by atoms with van der Waals surface area (Å²) in [5, 5.41) is 9.11. The minimum atomic E-state index is 0.294. The van der Waals surface area contributed by atoms with Crippen LogP contribution < -0.4 is 5.43 Å². The lowest BCUT2D eigenvalue weighted by atomic mass is 10.2. The van der Waals surface area contributed by atoms with Crippen molar-refractivity contribution in [2.75, 3.05) is 14.1 Å². The Morgan fingerprint density at radius 2 is 2.00 bits per heavy atom. The van der Waals surface area contributed by atoms with E-state index in [4.69, 9.17) is 5.41 Å². The van der Waals surface area contributed by atoms with Crippen LogP contribution in [0.4, 0.5) is 0 Å². The Morgan fingerprint density at radius 3 is 2.11 bits per heavy atom. The summed E-state index contributed by atoms with van der Waals surface area (Å²) in [6.45, 7) is 3.99. The fraction of sp³-hybridized carbons (Fsp3) is 0.833. The molecular weight excluding hydrogens is 114 g/mol. The molecule has 0 heterocycles. The highest BCUT2D eigenvalue weighted by atomic mass is 15.5. The summed E-state index contributed by atoms with van der Waals surface area (Å²) in [6, 6.07) is 0. The van der Waals surface area contributed by atoms with Crippen LogP contribution in [0.25, 0.3) is 0 Å². The normalized spacial score (nSPS) is 9.89. The molecular formula is C6H15N3. The zero-order valence-electron chi connectivity index (χ0n) is 6.52. The average molecular weight is 129 g/mol. The highest BCUT2D eigenvalue weighted by molar-refractivity contribution is 5.80. The van der Waals surface area contributed by atoms with Gasteiger partial charge in [0, 0.05) is 20.0 Å². The minimum absolute atomic E-state index is 0.294. The number of hydrogen-bond donors (Lipinski definition) is 2. The molecule has 0 aliphatic rings. The van der Waals surface area contributed by atoms with Crippen LogP contribution in [0.2, 0.25) is 0 Å². The first-order valence-corrected chi connectivity index (χ1v) is 3.09. The number of hydrazine groups is 1. The second kappa shape index (κ2) is 3.45. The van der Waals surface area contributed by atoms with Crippen molar-refractivity contribution < 1.29 is 0 Å². The molecule has 0 aliphatic carbocycles. The van der Waals surface area contributed by atoms with Crippen LogP contribution in [0, 0.1) is 11.3 Å². The lowest BCUT2D eigenvalue weighted by molar-refractivity contribution is 0.386. The molecule has 0 saturated heterocycles. The molecule has 0 saturated carbocycles. The predicted octanol–water partition coefficient (Wildman–Crippen LogP) is 0.686. The number of rotatable bonds is 2. The molecule has 0 atom stereocenters. The summed E-state index contributed by atoms with van der Waals surface area (Å²) < 4.78 is 0. The molecule has 2 N–H and O–H groups in total. The van der Waals surface area contributed by atoms with E-state index in [9.17, 15) is 0 Å². The van der Waals surface area contributed by atoms with Crippen LogP contribution in [0.15, 0.2) is 0 Å². The van der Waals surface area contributed by atoms with E-state index in [0.717, 1.165) is 0 Å². The van der Waals surface area contributed by atoms with Crippen molar-refractivity contribution in [1.82, 2.24) is 10.4 Å². The number of nitrogens with zero attached hydrogens (tertiary/aromatic N) is 1. The molecule has 9 heavy (non-hydrogen) atoms. The Labute approximate surface area is 56.5 Å². The Hall–Kier alpha value is -0.570. The van der Waals surface area contributed by atoms with Crippen LogP contribution in [-0.2, 0) is 0 Å². The standard InChI is InChI=1S/C6H15N3/c1-5(2)6(7)9(4)8-3/h5,7-8H,1-4H3. The molecule has 0 aromatic heterocycles. The van der Waals surface area contributed by atoms with Crippen molar-refractivity contribution >= 4 is 5.84 Å². The summed E-state index contributed by atoms with van der Waals surface area (Å²) in [4.78, 5) is 0. The van der Waals surface area contributed by atoms with Crippen LogP contribution >= 0.6 is 0 Å². The fourth-order valence-corrected chi connectivity index (χ4v) is 0.508. The van der Waals surface area contributed by atoms with Gasteiger partial charge in [0.1, 0.15) is 5.84 Å². The van der Waals surface area contributed by atoms with Gasteiger partial charge in [-0.25, -0.2) is 5.43 Å². The van der Waals surface area contributed by atoms with Gasteiger partial charge in [-0.3, -0.25) is 10.4 Å². The zero-order chi connectivity index (χ0) is 7.44. The highest BCUT2D eigenvalue weighted by Crippen LogP contribution is 1.95. The van der Waals surface area contributed by atoms with E-state index in [0.29, 0.717) is 11.8 Å². The van der Waals surface area contributed by atoms with Crippen molar-refractivity contribution in [3.63, 3.8) is 0 Å². The zero-order valence-corrected chi connectivity index (χ0v) is 6.52. The van der Waals surface area contributed by atoms with E-state index in [1.165, 1.54) is 0 Å². The van der Waals surface area contributed by atoms with Gasteiger partial charge in [0.25, 0.3) is 0 Å². The Kier molecular flexibility index (Phi) is 3.24. The van der Waals surface area contributed by atoms with E-state index < -0.39 is 0 Å². The van der Waals surface area contributed by atoms with Crippen LogP contribution in [0.3, 0.4) is 0 Å². The molecule has 0 aliphatic heterocycles. The predicted molar refractivity (Wildman–Crippen MR) is 39.4 cm³/mol. The Balaban J connectivity index is 3.73. The topological polar surface area (TPSA) is 39.1 Å². The molecule has 0 radical (unpaired) electrons. The second-order valence-electron chi connectivity index (χ2n) is 2.32. The van der Waals surface area contributed by atoms with Gasteiger partial charge in [-0.05, 0) is 0 Å². The smallest absolute Gasteiger partial charge is 0.113 e. The summed E-state index contributed by atoms with van der Waals surface area (Å²) >= 11 is 0. The van der Waals surface area contributed by atoms with Gasteiger partial charge in [-0.1, -0.05) is 13.8 Å². The van der Waals surface area contributed by atoms with Gasteiger partial charge in [0.15, 0.2) is 0 Å². The number of hydrogen-bond acceptors (Lipinski definition) is 2. The molecule has 0 aromatic rings. The molecule has 0 spiro atoms. The maximum absolute atomic E-state index is 7.41. The van der Waals surface area contributed by atoms with E-state index in [1.807, 2.05) is 20.9 Å². The first kappa shape index (κ1) is 8.43. The van der Waals surface area contributed by atoms with Gasteiger partial charge in [0.2, 0.25) is 0 Å². The maximum atomic E-state index is 7.41. The van der Waals surface area contributed by atoms with Crippen LogP contribution in [0.5, 0.6) is 0 Å². The first-order chi connectivity index (χ1) is 4.09. The van der Waals surface area contributed by atoms with E-state index >= 15 is 0 Å². The number of amidine groups is 1. The largest absolute Gasteiger partial charge is 0.299 e. The Morgan fingerprint density at radius 1 is 1.56 bits per heavy atom. The minimum Gasteiger partial charge on any atom is -0.299 e. The first-order valence-electron chi connectivity index (χ1n) is 3.09. The summed E-state index contributed by atoms with van der Waals surface area (Å²) in [6.07, 6.45) is 0. The molecule has 0 fully saturated rings. The third-order valence-electron chi connectivity index (χ3n) is 1.24. The summed E-state index contributed by atoms with van der Waals surface area (Å²) in [5.74, 6) is 0.903. The van der Waals surface area contributed by atoms with E-state index in [2.05, 4.69) is 5.43 Å². The molecule has 3 heteroatoms. The maximum Gasteiger partial charge on any atom is 0.113 e. The SMILES string of the molecule is CNN(C)C(=N)C(C)C. The molecule has 3 nitrogen and oxygen atoms in total. The van der Waals surface area contributed by atoms with Crippen LogP contribution in [0.1, 0.15) is 13.8 Å². The van der Waals surface area contributed by atoms with Crippen molar-refractivity contribution in [2.24, 2.45) is 5.92 Å². The van der Waals surface area contributed by atoms with Crippen molar-refractivity contribution in [2.45, 2.75) is 13.8 Å². The third kappa shape index (κ3) is 2.46. The van der Waals surface area contributed by atoms with Crippen molar-refractivity contribution in [3.05, 3.63) is 0 Å². The molecule has 54 valence electrons. The van der Waals surface area contributed by atoms with Gasteiger partial charge in [-0.15, -0.1) is 0 Å². The van der Waals surface area contributed by atoms with Gasteiger partial charge >= 0.3 is 0 Å². The summed E-state index contributed by atoms with van der Waals surface area (Å²) in [5.41, 5.74) is 2.85. The monoisotopic (exact) mass is 129 g/mol. The van der Waals surface area contributed by atoms with E-state index in [-0.39, 0.29) is 0 Å². The average Bonchev–Trinajstić information content (AvgIpc) is 1.84. The third-order valence-corrected chi connectivity index (χ3v) is 1.24. The molecule has 0 amide bonds. The molecule has 0 unspecified atom stereocenters. The number of nitrogens with one attached hydrogen (secondary N) is 2.